The van der Waals surface area contributed by atoms with Crippen molar-refractivity contribution >= 4 is 35.6 Å². The van der Waals surface area contributed by atoms with Crippen LogP contribution in [0.15, 0.2) is 0 Å². The van der Waals surface area contributed by atoms with Crippen molar-refractivity contribution in [1.82, 2.24) is 5.32 Å². The van der Waals surface area contributed by atoms with E-state index in [1.165, 1.54) is 7.11 Å². The van der Waals surface area contributed by atoms with Crippen molar-refractivity contribution < 1.29 is 47.7 Å². The predicted octanol–water partition coefficient (Wildman–Crippen LogP) is 1.79. The number of methoxy groups -OCH3 is 1. The Morgan fingerprint density at radius 1 is 0.588 bits per heavy atom. The Labute approximate surface area is 200 Å². The maximum absolute atomic E-state index is 11.7. The number of rotatable bonds is 20. The van der Waals surface area contributed by atoms with Crippen LogP contribution in [-0.4, -0.2) is 69.0 Å². The zero-order chi connectivity index (χ0) is 25.6. The number of carbonyl (C=O) groups excluding carboxylic acids is 6. The molecule has 0 saturated carbocycles. The van der Waals surface area contributed by atoms with Crippen molar-refractivity contribution in [3.05, 3.63) is 0 Å². The van der Waals surface area contributed by atoms with E-state index < -0.39 is 31.1 Å². The largest absolute Gasteiger partial charge is 0.469 e. The van der Waals surface area contributed by atoms with Gasteiger partial charge in [-0.15, -0.1) is 0 Å². The molecule has 11 nitrogen and oxygen atoms in total. The van der Waals surface area contributed by atoms with E-state index in [4.69, 9.17) is 14.2 Å². The Bertz CT molecular complexity index is 662. The number of amides is 1. The normalized spacial score (nSPS) is 10.2. The van der Waals surface area contributed by atoms with Gasteiger partial charge in [-0.3, -0.25) is 24.0 Å². The number of nitrogens with one attached hydrogen (secondary N) is 1. The highest BCUT2D eigenvalue weighted by Gasteiger charge is 2.11. The molecule has 0 aromatic heterocycles. The zero-order valence-corrected chi connectivity index (χ0v) is 20.2. The molecule has 0 heterocycles. The summed E-state index contributed by atoms with van der Waals surface area (Å²) >= 11 is 0. The average Bonchev–Trinajstić information content (AvgIpc) is 2.83. The van der Waals surface area contributed by atoms with Gasteiger partial charge in [0.15, 0.2) is 19.0 Å². The van der Waals surface area contributed by atoms with Crippen molar-refractivity contribution in [1.29, 1.82) is 0 Å². The van der Waals surface area contributed by atoms with Crippen molar-refractivity contribution in [2.75, 3.05) is 33.5 Å². The molecule has 0 radical (unpaired) electrons. The number of ketones is 1. The van der Waals surface area contributed by atoms with E-state index in [-0.39, 0.29) is 43.6 Å². The Morgan fingerprint density at radius 2 is 1.15 bits per heavy atom. The molecule has 0 rings (SSSR count). The summed E-state index contributed by atoms with van der Waals surface area (Å²) in [5.74, 6) is -2.68. The second-order valence-electron chi connectivity index (χ2n) is 7.53. The Morgan fingerprint density at radius 3 is 1.82 bits per heavy atom. The first-order chi connectivity index (χ1) is 16.3. The molecular weight excluding hydrogens is 450 g/mol. The number of hydrogen-bond acceptors (Lipinski definition) is 10. The minimum atomic E-state index is -0.822. The van der Waals surface area contributed by atoms with Crippen LogP contribution in [0.2, 0.25) is 0 Å². The first kappa shape index (κ1) is 31.0. The van der Waals surface area contributed by atoms with E-state index in [1.54, 1.807) is 6.92 Å². The summed E-state index contributed by atoms with van der Waals surface area (Å²) < 4.78 is 18.8. The van der Waals surface area contributed by atoms with Crippen molar-refractivity contribution in [2.45, 2.75) is 77.6 Å². The van der Waals surface area contributed by atoms with Crippen LogP contribution in [0.25, 0.3) is 0 Å². The van der Waals surface area contributed by atoms with Crippen LogP contribution in [0.5, 0.6) is 0 Å². The van der Waals surface area contributed by atoms with Crippen LogP contribution in [-0.2, 0) is 47.7 Å². The highest BCUT2D eigenvalue weighted by atomic mass is 16.6. The Kier molecular flexibility index (Phi) is 18.8. The fourth-order valence-corrected chi connectivity index (χ4v) is 2.63. The van der Waals surface area contributed by atoms with Gasteiger partial charge in [-0.1, -0.05) is 26.2 Å². The van der Waals surface area contributed by atoms with Crippen LogP contribution < -0.4 is 5.32 Å². The van der Waals surface area contributed by atoms with Gasteiger partial charge in [0, 0.05) is 32.2 Å². The molecule has 34 heavy (non-hydrogen) atoms. The highest BCUT2D eigenvalue weighted by Crippen LogP contribution is 2.06. The van der Waals surface area contributed by atoms with Crippen LogP contribution in [0.1, 0.15) is 77.6 Å². The third-order valence-corrected chi connectivity index (χ3v) is 4.59. The van der Waals surface area contributed by atoms with Gasteiger partial charge in [0.25, 0.3) is 5.91 Å². The van der Waals surface area contributed by atoms with Gasteiger partial charge in [-0.05, 0) is 25.7 Å². The minimum absolute atomic E-state index is 0.0649. The lowest BCUT2D eigenvalue weighted by molar-refractivity contribution is -0.160. The molecule has 11 heteroatoms. The third-order valence-electron chi connectivity index (χ3n) is 4.59. The fraction of sp³-hybridized carbons (Fsp3) is 0.739. The van der Waals surface area contributed by atoms with E-state index in [1.807, 2.05) is 0 Å². The van der Waals surface area contributed by atoms with E-state index in [9.17, 15) is 28.8 Å². The molecule has 0 aliphatic carbocycles. The fourth-order valence-electron chi connectivity index (χ4n) is 2.63. The molecule has 194 valence electrons. The van der Waals surface area contributed by atoms with Crippen LogP contribution in [0.3, 0.4) is 0 Å². The molecule has 0 bridgehead atoms. The quantitative estimate of drug-likeness (QED) is 0.153. The topological polar surface area (TPSA) is 151 Å². The molecule has 0 atom stereocenters. The first-order valence-corrected chi connectivity index (χ1v) is 11.6. The van der Waals surface area contributed by atoms with Gasteiger partial charge in [0.1, 0.15) is 6.61 Å². The first-order valence-electron chi connectivity index (χ1n) is 11.6. The second-order valence-corrected chi connectivity index (χ2v) is 7.53. The monoisotopic (exact) mass is 487 g/mol. The SMILES string of the molecule is CCC(=O)OCC(=O)CCCCCCCNC(=O)COC(=O)COC(=O)CCCCC(=O)OC. The number of ether oxygens (including phenoxy) is 4. The highest BCUT2D eigenvalue weighted by molar-refractivity contribution is 5.82. The lowest BCUT2D eigenvalue weighted by Crippen LogP contribution is -2.30. The van der Waals surface area contributed by atoms with Gasteiger partial charge in [0.2, 0.25) is 0 Å². The zero-order valence-electron chi connectivity index (χ0n) is 20.2. The van der Waals surface area contributed by atoms with Crippen molar-refractivity contribution in [2.24, 2.45) is 0 Å². The molecule has 0 aliphatic rings. The summed E-state index contributed by atoms with van der Waals surface area (Å²) in [5, 5.41) is 2.63. The molecule has 1 amide bonds. The summed E-state index contributed by atoms with van der Waals surface area (Å²) in [7, 11) is 1.29. The molecule has 0 unspecified atom stereocenters. The molecule has 0 aliphatic heterocycles. The Balaban J connectivity index is 3.58. The molecule has 1 N–H and O–H groups in total. The van der Waals surface area contributed by atoms with E-state index in [2.05, 4.69) is 10.1 Å². The van der Waals surface area contributed by atoms with Gasteiger partial charge in [-0.2, -0.15) is 0 Å². The van der Waals surface area contributed by atoms with E-state index in [0.717, 1.165) is 32.1 Å². The molecule has 0 spiro atoms. The molecule has 0 aromatic carbocycles. The molecular formula is C23H37NO10. The molecule has 0 saturated heterocycles. The maximum Gasteiger partial charge on any atom is 0.344 e. The molecule has 0 fully saturated rings. The lowest BCUT2D eigenvalue weighted by atomic mass is 10.1. The number of esters is 4. The smallest absolute Gasteiger partial charge is 0.344 e. The predicted molar refractivity (Wildman–Crippen MR) is 119 cm³/mol. The number of carbonyl (C=O) groups is 6. The standard InChI is InChI=1S/C23H37NO10/c1-3-20(27)32-15-18(25)11-7-5-4-6-10-14-24-19(26)16-33-23(30)17-34-22(29)13-9-8-12-21(28)31-2/h3-17H2,1-2H3,(H,24,26). The van der Waals surface area contributed by atoms with Gasteiger partial charge in [0.05, 0.1) is 7.11 Å². The summed E-state index contributed by atoms with van der Waals surface area (Å²) in [4.78, 5) is 68.2. The maximum atomic E-state index is 11.7. The molecule has 0 aromatic rings. The summed E-state index contributed by atoms with van der Waals surface area (Å²) in [5.41, 5.74) is 0. The average molecular weight is 488 g/mol. The number of Topliss-reactive ketones (excluding diaryl/α,β-unsaturated/α-hetero) is 1. The van der Waals surface area contributed by atoms with Gasteiger partial charge >= 0.3 is 23.9 Å². The van der Waals surface area contributed by atoms with E-state index >= 15 is 0 Å². The lowest BCUT2D eigenvalue weighted by Gasteiger charge is -2.07. The Hall–Kier alpha value is -2.98. The van der Waals surface area contributed by atoms with Gasteiger partial charge in [-0.25, -0.2) is 4.79 Å². The van der Waals surface area contributed by atoms with Crippen LogP contribution in [0, 0.1) is 0 Å². The van der Waals surface area contributed by atoms with E-state index in [0.29, 0.717) is 25.8 Å². The summed E-state index contributed by atoms with van der Waals surface area (Å²) in [6.07, 6.45) is 5.92. The van der Waals surface area contributed by atoms with Crippen LogP contribution >= 0.6 is 0 Å². The number of hydrogen-bond donors (Lipinski definition) is 1. The van der Waals surface area contributed by atoms with Crippen molar-refractivity contribution in [3.63, 3.8) is 0 Å². The van der Waals surface area contributed by atoms with Crippen molar-refractivity contribution in [3.8, 4) is 0 Å². The summed E-state index contributed by atoms with van der Waals surface area (Å²) in [6.45, 7) is 0.905. The summed E-state index contributed by atoms with van der Waals surface area (Å²) in [6, 6.07) is 0. The second kappa shape index (κ2) is 20.6. The minimum Gasteiger partial charge on any atom is -0.469 e. The third kappa shape index (κ3) is 19.7. The van der Waals surface area contributed by atoms with Crippen LogP contribution in [0.4, 0.5) is 0 Å². The number of unbranched alkanes of at least 4 members (excludes halogenated alkanes) is 5. The van der Waals surface area contributed by atoms with Gasteiger partial charge < -0.3 is 24.3 Å².